The highest BCUT2D eigenvalue weighted by Crippen LogP contribution is 2.29. The van der Waals surface area contributed by atoms with Crippen LogP contribution in [0.2, 0.25) is 0 Å². The van der Waals surface area contributed by atoms with E-state index in [9.17, 15) is 0 Å². The van der Waals surface area contributed by atoms with E-state index >= 15 is 0 Å². The molecule has 1 nitrogen and oxygen atoms in total. The molecule has 2 rings (SSSR count). The van der Waals surface area contributed by atoms with Crippen molar-refractivity contribution in [1.82, 2.24) is 0 Å². The molecule has 0 saturated heterocycles. The summed E-state index contributed by atoms with van der Waals surface area (Å²) in [6.45, 7) is 10.1. The van der Waals surface area contributed by atoms with Crippen molar-refractivity contribution in [2.45, 2.75) is 27.2 Å². The Hall–Kier alpha value is -2.33. The van der Waals surface area contributed by atoms with Crippen LogP contribution in [0.5, 0.6) is 0 Å². The van der Waals surface area contributed by atoms with Gasteiger partial charge in [0.2, 0.25) is 0 Å². The third-order valence-electron chi connectivity index (χ3n) is 3.90. The van der Waals surface area contributed by atoms with E-state index in [1.807, 2.05) is 25.1 Å². The zero-order valence-electron chi connectivity index (χ0n) is 12.3. The first-order chi connectivity index (χ1) is 9.58. The number of nitrogens with zero attached hydrogens (tertiary/aromatic N) is 1. The lowest BCUT2D eigenvalue weighted by atomic mass is 9.91. The number of allylic oxidation sites excluding steroid dienone is 1. The minimum atomic E-state index is 0.742. The maximum Gasteiger partial charge on any atom is 0.0994 e. The number of hydrogen-bond acceptors (Lipinski definition) is 1. The zero-order valence-corrected chi connectivity index (χ0v) is 12.3. The van der Waals surface area contributed by atoms with Gasteiger partial charge in [0.15, 0.2) is 0 Å². The predicted molar refractivity (Wildman–Crippen MR) is 84.7 cm³/mol. The monoisotopic (exact) mass is 261 g/mol. The topological polar surface area (TPSA) is 23.8 Å². The average molecular weight is 261 g/mol. The molecule has 1 heteroatoms. The Morgan fingerprint density at radius 2 is 1.90 bits per heavy atom. The molecular weight excluding hydrogens is 242 g/mol. The lowest BCUT2D eigenvalue weighted by molar-refractivity contribution is 1.18. The normalized spacial score (nSPS) is 10.1. The van der Waals surface area contributed by atoms with Gasteiger partial charge >= 0.3 is 0 Å². The van der Waals surface area contributed by atoms with E-state index in [0.29, 0.717) is 0 Å². The smallest absolute Gasteiger partial charge is 0.0994 e. The summed E-state index contributed by atoms with van der Waals surface area (Å²) in [5.74, 6) is 0. The molecular formula is C19H19N. The van der Waals surface area contributed by atoms with Crippen molar-refractivity contribution >= 4 is 0 Å². The average Bonchev–Trinajstić information content (AvgIpc) is 2.44. The summed E-state index contributed by atoms with van der Waals surface area (Å²) in [4.78, 5) is 0. The molecule has 20 heavy (non-hydrogen) atoms. The van der Waals surface area contributed by atoms with Crippen LogP contribution in [-0.2, 0) is 6.42 Å². The maximum absolute atomic E-state index is 9.16. The molecule has 0 saturated carbocycles. The fourth-order valence-corrected chi connectivity index (χ4v) is 2.52. The Morgan fingerprint density at radius 3 is 2.55 bits per heavy atom. The summed E-state index contributed by atoms with van der Waals surface area (Å²) >= 11 is 0. The molecule has 0 bridgehead atoms. The molecule has 0 amide bonds. The highest BCUT2D eigenvalue weighted by atomic mass is 14.2. The zero-order chi connectivity index (χ0) is 14.7. The van der Waals surface area contributed by atoms with Crippen molar-refractivity contribution in [2.75, 3.05) is 0 Å². The molecule has 0 aliphatic heterocycles. The van der Waals surface area contributed by atoms with Gasteiger partial charge < -0.3 is 0 Å². The van der Waals surface area contributed by atoms with E-state index in [2.05, 4.69) is 44.7 Å². The Bertz CT molecular complexity index is 702. The summed E-state index contributed by atoms with van der Waals surface area (Å²) in [6.07, 6.45) is 2.81. The summed E-state index contributed by atoms with van der Waals surface area (Å²) in [5.41, 5.74) is 8.01. The van der Waals surface area contributed by atoms with Gasteiger partial charge in [-0.25, -0.2) is 0 Å². The molecule has 0 spiro atoms. The van der Waals surface area contributed by atoms with Gasteiger partial charge in [-0.05, 0) is 66.6 Å². The van der Waals surface area contributed by atoms with Crippen LogP contribution in [0.15, 0.2) is 43.0 Å². The molecule has 0 atom stereocenters. The molecule has 2 aromatic carbocycles. The lowest BCUT2D eigenvalue weighted by Crippen LogP contribution is -1.95. The molecule has 2 aromatic rings. The first-order valence-corrected chi connectivity index (χ1v) is 6.79. The first kappa shape index (κ1) is 14.1. The quantitative estimate of drug-likeness (QED) is 0.722. The Balaban J connectivity index is 2.65. The van der Waals surface area contributed by atoms with Gasteiger partial charge in [-0.15, -0.1) is 6.58 Å². The summed E-state index contributed by atoms with van der Waals surface area (Å²) in [6, 6.07) is 12.6. The van der Waals surface area contributed by atoms with Gasteiger partial charge in [0.05, 0.1) is 11.6 Å². The van der Waals surface area contributed by atoms with Crippen molar-refractivity contribution in [3.63, 3.8) is 0 Å². The van der Waals surface area contributed by atoms with Crippen LogP contribution in [0.25, 0.3) is 11.1 Å². The van der Waals surface area contributed by atoms with Crippen molar-refractivity contribution in [1.29, 1.82) is 5.26 Å². The van der Waals surface area contributed by atoms with Gasteiger partial charge in [-0.3, -0.25) is 0 Å². The van der Waals surface area contributed by atoms with Crippen molar-refractivity contribution in [3.05, 3.63) is 70.8 Å². The largest absolute Gasteiger partial charge is 0.192 e. The summed E-state index contributed by atoms with van der Waals surface area (Å²) in [7, 11) is 0. The predicted octanol–water partition coefficient (Wildman–Crippen LogP) is 4.88. The van der Waals surface area contributed by atoms with Crippen LogP contribution in [-0.4, -0.2) is 0 Å². The van der Waals surface area contributed by atoms with E-state index in [-0.39, 0.29) is 0 Å². The van der Waals surface area contributed by atoms with Crippen molar-refractivity contribution in [3.8, 4) is 17.2 Å². The molecule has 0 aliphatic carbocycles. The van der Waals surface area contributed by atoms with Crippen LogP contribution in [0.3, 0.4) is 0 Å². The Morgan fingerprint density at radius 1 is 1.15 bits per heavy atom. The van der Waals surface area contributed by atoms with Gasteiger partial charge in [0.1, 0.15) is 0 Å². The SMILES string of the molecule is C=CCc1cc(-c2cccc(C#N)c2C)cc(C)c1C. The minimum Gasteiger partial charge on any atom is -0.192 e. The van der Waals surface area contributed by atoms with Crippen molar-refractivity contribution < 1.29 is 0 Å². The summed E-state index contributed by atoms with van der Waals surface area (Å²) < 4.78 is 0. The minimum absolute atomic E-state index is 0.742. The highest BCUT2D eigenvalue weighted by molar-refractivity contribution is 5.71. The van der Waals surface area contributed by atoms with Gasteiger partial charge in [-0.1, -0.05) is 30.3 Å². The Labute approximate surface area is 121 Å². The Kier molecular flexibility index (Phi) is 4.05. The number of nitriles is 1. The van der Waals surface area contributed by atoms with E-state index in [4.69, 9.17) is 5.26 Å². The fourth-order valence-electron chi connectivity index (χ4n) is 2.52. The molecule has 100 valence electrons. The first-order valence-electron chi connectivity index (χ1n) is 6.79. The standard InChI is InChI=1S/C19H19N/c1-5-7-16-11-18(10-13(2)14(16)3)19-9-6-8-17(12-20)15(19)4/h5-6,8-11H,1,7H2,2-4H3. The van der Waals surface area contributed by atoms with Crippen LogP contribution in [0.1, 0.15) is 27.8 Å². The maximum atomic E-state index is 9.16. The lowest BCUT2D eigenvalue weighted by Gasteiger charge is -2.13. The molecule has 0 radical (unpaired) electrons. The van der Waals surface area contributed by atoms with Gasteiger partial charge in [0, 0.05) is 0 Å². The van der Waals surface area contributed by atoms with Gasteiger partial charge in [-0.2, -0.15) is 5.26 Å². The van der Waals surface area contributed by atoms with Gasteiger partial charge in [0.25, 0.3) is 0 Å². The number of benzene rings is 2. The second-order valence-corrected chi connectivity index (χ2v) is 5.16. The molecule has 0 heterocycles. The van der Waals surface area contributed by atoms with Crippen LogP contribution < -0.4 is 0 Å². The van der Waals surface area contributed by atoms with Crippen LogP contribution in [0.4, 0.5) is 0 Å². The van der Waals surface area contributed by atoms with Crippen molar-refractivity contribution in [2.24, 2.45) is 0 Å². The fraction of sp³-hybridized carbons (Fsp3) is 0.211. The van der Waals surface area contributed by atoms with Crippen LogP contribution >= 0.6 is 0 Å². The molecule has 0 N–H and O–H groups in total. The van der Waals surface area contributed by atoms with E-state index in [1.54, 1.807) is 0 Å². The van der Waals surface area contributed by atoms with Crippen LogP contribution in [0, 0.1) is 32.1 Å². The third kappa shape index (κ3) is 2.51. The molecule has 0 aliphatic rings. The third-order valence-corrected chi connectivity index (χ3v) is 3.90. The second-order valence-electron chi connectivity index (χ2n) is 5.16. The van der Waals surface area contributed by atoms with E-state index < -0.39 is 0 Å². The van der Waals surface area contributed by atoms with E-state index in [0.717, 1.165) is 23.1 Å². The van der Waals surface area contributed by atoms with E-state index in [1.165, 1.54) is 22.3 Å². The molecule has 0 fully saturated rings. The summed E-state index contributed by atoms with van der Waals surface area (Å²) in [5, 5.41) is 9.16. The molecule has 0 unspecified atom stereocenters. The number of rotatable bonds is 3. The number of aryl methyl sites for hydroxylation is 1. The number of hydrogen-bond donors (Lipinski definition) is 0. The second kappa shape index (κ2) is 5.75. The highest BCUT2D eigenvalue weighted by Gasteiger charge is 2.09. The molecule has 0 aromatic heterocycles.